The molecule has 0 aliphatic heterocycles. The molecule has 2 N–H and O–H groups in total. The van der Waals surface area contributed by atoms with Crippen molar-refractivity contribution in [2.75, 3.05) is 5.32 Å². The second kappa shape index (κ2) is 8.75. The van der Waals surface area contributed by atoms with E-state index in [0.717, 1.165) is 16.9 Å². The second-order valence-corrected chi connectivity index (χ2v) is 7.18. The number of anilines is 1. The van der Waals surface area contributed by atoms with Crippen LogP contribution in [-0.2, 0) is 11.3 Å². The van der Waals surface area contributed by atoms with Gasteiger partial charge in [0.15, 0.2) is 10.6 Å². The molecule has 0 fully saturated rings. The highest BCUT2D eigenvalue weighted by molar-refractivity contribution is 7.71. The molecule has 1 heterocycles. The van der Waals surface area contributed by atoms with Crippen LogP contribution >= 0.6 is 12.2 Å². The van der Waals surface area contributed by atoms with Crippen molar-refractivity contribution in [1.29, 1.82) is 0 Å². The van der Waals surface area contributed by atoms with Gasteiger partial charge in [0, 0.05) is 11.3 Å². The largest absolute Gasteiger partial charge is 0.457 e. The summed E-state index contributed by atoms with van der Waals surface area (Å²) in [5.41, 5.74) is 2.72. The number of amides is 1. The van der Waals surface area contributed by atoms with Crippen LogP contribution in [0.1, 0.15) is 5.56 Å². The number of rotatable bonds is 6. The first-order valence-corrected chi connectivity index (χ1v) is 9.84. The molecule has 7 heteroatoms. The number of H-pyrrole nitrogens is 1. The maximum atomic E-state index is 12.6. The first-order chi connectivity index (χ1) is 14.6. The normalized spacial score (nSPS) is 10.6. The molecule has 1 aromatic heterocycles. The summed E-state index contributed by atoms with van der Waals surface area (Å²) >= 11 is 5.31. The van der Waals surface area contributed by atoms with Gasteiger partial charge in [0.25, 0.3) is 0 Å². The maximum absolute atomic E-state index is 12.6. The number of hydrogen-bond donors (Lipinski definition) is 2. The van der Waals surface area contributed by atoms with Crippen LogP contribution in [-0.4, -0.2) is 20.7 Å². The lowest BCUT2D eigenvalue weighted by Gasteiger charge is -2.10. The monoisotopic (exact) mass is 416 g/mol. The predicted octanol–water partition coefficient (Wildman–Crippen LogP) is 5.35. The van der Waals surface area contributed by atoms with Gasteiger partial charge in [0.05, 0.1) is 0 Å². The zero-order valence-electron chi connectivity index (χ0n) is 16.3. The summed E-state index contributed by atoms with van der Waals surface area (Å²) < 4.78 is 7.85. The van der Waals surface area contributed by atoms with Crippen molar-refractivity contribution in [3.8, 4) is 22.9 Å². The van der Waals surface area contributed by atoms with Gasteiger partial charge in [-0.2, -0.15) is 5.10 Å². The van der Waals surface area contributed by atoms with Crippen molar-refractivity contribution < 1.29 is 9.53 Å². The van der Waals surface area contributed by atoms with Crippen LogP contribution in [0, 0.1) is 11.7 Å². The average Bonchev–Trinajstić information content (AvgIpc) is 3.11. The molecule has 0 spiro atoms. The summed E-state index contributed by atoms with van der Waals surface area (Å²) in [6.45, 7) is 2.07. The Balaban J connectivity index is 1.43. The molecular weight excluding hydrogens is 396 g/mol. The highest BCUT2D eigenvalue weighted by Crippen LogP contribution is 2.23. The fourth-order valence-electron chi connectivity index (χ4n) is 2.96. The first-order valence-electron chi connectivity index (χ1n) is 9.43. The third-order valence-electron chi connectivity index (χ3n) is 4.49. The number of nitrogens with one attached hydrogen (secondary N) is 2. The number of aromatic amines is 1. The number of aryl methyl sites for hydroxylation is 1. The molecule has 0 saturated carbocycles. The van der Waals surface area contributed by atoms with E-state index in [1.807, 2.05) is 73.7 Å². The molecule has 0 aliphatic carbocycles. The minimum atomic E-state index is -0.197. The van der Waals surface area contributed by atoms with E-state index < -0.39 is 0 Å². The van der Waals surface area contributed by atoms with Gasteiger partial charge in [-0.25, -0.2) is 0 Å². The molecule has 4 rings (SSSR count). The van der Waals surface area contributed by atoms with Crippen LogP contribution in [0.2, 0.25) is 0 Å². The highest BCUT2D eigenvalue weighted by Gasteiger charge is 2.12. The SMILES string of the molecule is Cc1ccc(-c2n[nH]c(=S)n2CC(=O)Nc2ccc(Oc3ccccc3)cc2)cc1. The number of para-hydroxylation sites is 1. The summed E-state index contributed by atoms with van der Waals surface area (Å²) in [6, 6.07) is 24.7. The molecule has 0 unspecified atom stereocenters. The van der Waals surface area contributed by atoms with Crippen LogP contribution < -0.4 is 10.1 Å². The molecule has 0 aliphatic rings. The number of ether oxygens (including phenoxy) is 1. The van der Waals surface area contributed by atoms with E-state index >= 15 is 0 Å². The minimum Gasteiger partial charge on any atom is -0.457 e. The van der Waals surface area contributed by atoms with Crippen LogP contribution in [0.3, 0.4) is 0 Å². The Hall–Kier alpha value is -3.71. The van der Waals surface area contributed by atoms with Crippen LogP contribution in [0.15, 0.2) is 78.9 Å². The fourth-order valence-corrected chi connectivity index (χ4v) is 3.16. The Morgan fingerprint density at radius 1 is 1.00 bits per heavy atom. The van der Waals surface area contributed by atoms with Gasteiger partial charge in [-0.15, -0.1) is 0 Å². The van der Waals surface area contributed by atoms with Crippen LogP contribution in [0.4, 0.5) is 5.69 Å². The molecule has 0 saturated heterocycles. The molecule has 6 nitrogen and oxygen atoms in total. The number of hydrogen-bond acceptors (Lipinski definition) is 4. The number of carbonyl (C=O) groups excluding carboxylic acids is 1. The second-order valence-electron chi connectivity index (χ2n) is 6.79. The zero-order valence-corrected chi connectivity index (χ0v) is 17.1. The number of nitrogens with zero attached hydrogens (tertiary/aromatic N) is 2. The van der Waals surface area contributed by atoms with E-state index in [4.69, 9.17) is 17.0 Å². The van der Waals surface area contributed by atoms with Crippen molar-refractivity contribution in [2.24, 2.45) is 0 Å². The standard InChI is InChI=1S/C23H20N4O2S/c1-16-7-9-17(10-8-16)22-25-26-23(30)27(22)15-21(28)24-18-11-13-20(14-12-18)29-19-5-3-2-4-6-19/h2-14H,15H2,1H3,(H,24,28)(H,26,30). The number of benzene rings is 3. The number of carbonyl (C=O) groups is 1. The van der Waals surface area contributed by atoms with Crippen molar-refractivity contribution in [3.63, 3.8) is 0 Å². The molecule has 3 aromatic carbocycles. The topological polar surface area (TPSA) is 71.9 Å². The van der Waals surface area contributed by atoms with E-state index in [-0.39, 0.29) is 12.5 Å². The lowest BCUT2D eigenvalue weighted by molar-refractivity contribution is -0.116. The maximum Gasteiger partial charge on any atom is 0.244 e. The van der Waals surface area contributed by atoms with E-state index in [2.05, 4.69) is 15.5 Å². The molecule has 1 amide bonds. The van der Waals surface area contributed by atoms with E-state index in [1.165, 1.54) is 0 Å². The first kappa shape index (κ1) is 19.6. The zero-order chi connectivity index (χ0) is 20.9. The Bertz CT molecular complexity index is 1200. The van der Waals surface area contributed by atoms with E-state index in [1.54, 1.807) is 16.7 Å². The van der Waals surface area contributed by atoms with Crippen LogP contribution in [0.25, 0.3) is 11.4 Å². The van der Waals surface area contributed by atoms with Gasteiger partial charge < -0.3 is 10.1 Å². The molecule has 30 heavy (non-hydrogen) atoms. The quantitative estimate of drug-likeness (QED) is 0.416. The third kappa shape index (κ3) is 4.64. The summed E-state index contributed by atoms with van der Waals surface area (Å²) in [5, 5.41) is 9.93. The fraction of sp³-hybridized carbons (Fsp3) is 0.0870. The van der Waals surface area contributed by atoms with Gasteiger partial charge in [0.2, 0.25) is 5.91 Å². The van der Waals surface area contributed by atoms with Crippen LogP contribution in [0.5, 0.6) is 11.5 Å². The van der Waals surface area contributed by atoms with Crippen molar-refractivity contribution in [2.45, 2.75) is 13.5 Å². The Kier molecular flexibility index (Phi) is 5.72. The van der Waals surface area contributed by atoms with Gasteiger partial charge in [-0.05, 0) is 55.5 Å². The molecule has 0 bridgehead atoms. The average molecular weight is 417 g/mol. The van der Waals surface area contributed by atoms with Crippen molar-refractivity contribution in [3.05, 3.63) is 89.2 Å². The van der Waals surface area contributed by atoms with Gasteiger partial charge >= 0.3 is 0 Å². The van der Waals surface area contributed by atoms with Gasteiger partial charge in [-0.3, -0.25) is 14.5 Å². The summed E-state index contributed by atoms with van der Waals surface area (Å²) in [4.78, 5) is 12.6. The lowest BCUT2D eigenvalue weighted by atomic mass is 10.1. The molecule has 150 valence electrons. The molecule has 0 radical (unpaired) electrons. The molecular formula is C23H20N4O2S. The molecule has 0 atom stereocenters. The van der Waals surface area contributed by atoms with Gasteiger partial charge in [-0.1, -0.05) is 48.0 Å². The minimum absolute atomic E-state index is 0.0564. The predicted molar refractivity (Wildman–Crippen MR) is 119 cm³/mol. The lowest BCUT2D eigenvalue weighted by Crippen LogP contribution is -2.19. The Morgan fingerprint density at radius 2 is 1.67 bits per heavy atom. The Morgan fingerprint density at radius 3 is 2.37 bits per heavy atom. The number of aromatic nitrogens is 3. The van der Waals surface area contributed by atoms with E-state index in [0.29, 0.717) is 22.0 Å². The Labute approximate surface area is 179 Å². The summed E-state index contributed by atoms with van der Waals surface area (Å²) in [6.07, 6.45) is 0. The smallest absolute Gasteiger partial charge is 0.244 e. The van der Waals surface area contributed by atoms with Gasteiger partial charge in [0.1, 0.15) is 18.0 Å². The van der Waals surface area contributed by atoms with Crippen molar-refractivity contribution in [1.82, 2.24) is 14.8 Å². The summed E-state index contributed by atoms with van der Waals surface area (Å²) in [7, 11) is 0. The van der Waals surface area contributed by atoms with E-state index in [9.17, 15) is 4.79 Å². The van der Waals surface area contributed by atoms with Crippen molar-refractivity contribution >= 4 is 23.8 Å². The highest BCUT2D eigenvalue weighted by atomic mass is 32.1. The third-order valence-corrected chi connectivity index (χ3v) is 4.80. The summed E-state index contributed by atoms with van der Waals surface area (Å²) in [5.74, 6) is 1.88. The molecule has 4 aromatic rings.